The van der Waals surface area contributed by atoms with E-state index in [1.165, 1.54) is 6.20 Å². The summed E-state index contributed by atoms with van der Waals surface area (Å²) >= 11 is 0. The van der Waals surface area contributed by atoms with Gasteiger partial charge in [0.05, 0.1) is 17.8 Å². The lowest BCUT2D eigenvalue weighted by Gasteiger charge is -2.25. The van der Waals surface area contributed by atoms with Gasteiger partial charge in [-0.15, -0.1) is 0 Å². The molecule has 5 N–H and O–H groups in total. The van der Waals surface area contributed by atoms with Gasteiger partial charge in [0.1, 0.15) is 6.10 Å². The number of pyridine rings is 1. The number of ether oxygens (including phenoxy) is 1. The first-order valence-electron chi connectivity index (χ1n) is 4.61. The van der Waals surface area contributed by atoms with Gasteiger partial charge in [0.15, 0.2) is 0 Å². The van der Waals surface area contributed by atoms with Crippen molar-refractivity contribution in [1.82, 2.24) is 4.98 Å². The zero-order valence-electron chi connectivity index (χ0n) is 8.06. The molecule has 2 rings (SSSR count). The Morgan fingerprint density at radius 1 is 1.73 bits per heavy atom. The minimum Gasteiger partial charge on any atom is -0.470 e. The molecular formula is C9H12N4O2. The number of carbonyl (C=O) groups is 1. The first-order valence-corrected chi connectivity index (χ1v) is 4.61. The molecule has 0 radical (unpaired) electrons. The molecule has 1 aliphatic heterocycles. The molecular weight excluding hydrogens is 196 g/mol. The van der Waals surface area contributed by atoms with Gasteiger partial charge in [-0.05, 0) is 6.07 Å². The second-order valence-electron chi connectivity index (χ2n) is 3.30. The molecule has 1 amide bonds. The highest BCUT2D eigenvalue weighted by atomic mass is 16.5. The third-order valence-electron chi connectivity index (χ3n) is 2.20. The number of hydrogen-bond acceptors (Lipinski definition) is 5. The van der Waals surface area contributed by atoms with Crippen molar-refractivity contribution in [3.63, 3.8) is 0 Å². The van der Waals surface area contributed by atoms with Gasteiger partial charge in [-0.25, -0.2) is 4.98 Å². The van der Waals surface area contributed by atoms with Crippen LogP contribution >= 0.6 is 0 Å². The van der Waals surface area contributed by atoms with Crippen molar-refractivity contribution in [2.75, 3.05) is 18.4 Å². The standard InChI is InChI=1S/C9H12N4O2/c10-2-6-4-12-7-1-5(8(11)14)3-13-9(7)15-6/h1,3,6,12H,2,4,10H2,(H2,11,14). The van der Waals surface area contributed by atoms with Crippen LogP contribution < -0.4 is 21.5 Å². The van der Waals surface area contributed by atoms with Gasteiger partial charge in [0.25, 0.3) is 0 Å². The Hall–Kier alpha value is -1.82. The largest absolute Gasteiger partial charge is 0.470 e. The third-order valence-corrected chi connectivity index (χ3v) is 2.20. The van der Waals surface area contributed by atoms with Crippen molar-refractivity contribution < 1.29 is 9.53 Å². The van der Waals surface area contributed by atoms with Crippen LogP contribution in [0.15, 0.2) is 12.3 Å². The molecule has 0 saturated heterocycles. The number of nitrogens with two attached hydrogens (primary N) is 2. The zero-order chi connectivity index (χ0) is 10.8. The molecule has 1 unspecified atom stereocenters. The summed E-state index contributed by atoms with van der Waals surface area (Å²) in [7, 11) is 0. The van der Waals surface area contributed by atoms with Crippen LogP contribution in [-0.4, -0.2) is 30.1 Å². The van der Waals surface area contributed by atoms with Crippen molar-refractivity contribution in [3.05, 3.63) is 17.8 Å². The monoisotopic (exact) mass is 208 g/mol. The smallest absolute Gasteiger partial charge is 0.250 e. The molecule has 80 valence electrons. The Morgan fingerprint density at radius 3 is 3.20 bits per heavy atom. The normalized spacial score (nSPS) is 18.6. The first-order chi connectivity index (χ1) is 7.20. The fraction of sp³-hybridized carbons (Fsp3) is 0.333. The van der Waals surface area contributed by atoms with Crippen LogP contribution in [0.5, 0.6) is 5.88 Å². The number of anilines is 1. The summed E-state index contributed by atoms with van der Waals surface area (Å²) in [6.07, 6.45) is 1.31. The third kappa shape index (κ3) is 1.84. The summed E-state index contributed by atoms with van der Waals surface area (Å²) < 4.78 is 5.47. The van der Waals surface area contributed by atoms with Gasteiger partial charge in [-0.2, -0.15) is 0 Å². The predicted octanol–water partition coefficient (Wildman–Crippen LogP) is -0.688. The Kier molecular flexibility index (Phi) is 2.42. The summed E-state index contributed by atoms with van der Waals surface area (Å²) in [4.78, 5) is 14.9. The van der Waals surface area contributed by atoms with Crippen LogP contribution in [-0.2, 0) is 0 Å². The summed E-state index contributed by atoms with van der Waals surface area (Å²) in [6.45, 7) is 1.03. The van der Waals surface area contributed by atoms with E-state index in [4.69, 9.17) is 16.2 Å². The van der Waals surface area contributed by atoms with Crippen LogP contribution in [0.4, 0.5) is 5.69 Å². The van der Waals surface area contributed by atoms with E-state index in [1.807, 2.05) is 0 Å². The number of nitrogens with one attached hydrogen (secondary N) is 1. The number of aromatic nitrogens is 1. The lowest BCUT2D eigenvalue weighted by molar-refractivity contribution is 0.1000. The fourth-order valence-electron chi connectivity index (χ4n) is 1.36. The highest BCUT2D eigenvalue weighted by Gasteiger charge is 2.19. The minimum absolute atomic E-state index is 0.0792. The molecule has 1 aromatic heterocycles. The maximum atomic E-state index is 10.9. The van der Waals surface area contributed by atoms with Gasteiger partial charge in [-0.1, -0.05) is 0 Å². The number of primary amides is 1. The van der Waals surface area contributed by atoms with E-state index in [0.29, 0.717) is 30.2 Å². The molecule has 1 atom stereocenters. The Labute approximate surface area is 86.6 Å². The molecule has 2 heterocycles. The molecule has 15 heavy (non-hydrogen) atoms. The van der Waals surface area contributed by atoms with Gasteiger partial charge < -0.3 is 21.5 Å². The second-order valence-corrected chi connectivity index (χ2v) is 3.30. The van der Waals surface area contributed by atoms with E-state index in [9.17, 15) is 4.79 Å². The predicted molar refractivity (Wildman–Crippen MR) is 54.7 cm³/mol. The summed E-state index contributed by atoms with van der Waals surface area (Å²) in [5, 5.41) is 3.08. The Bertz CT molecular complexity index is 394. The highest BCUT2D eigenvalue weighted by molar-refractivity contribution is 5.93. The van der Waals surface area contributed by atoms with Gasteiger partial charge in [-0.3, -0.25) is 4.79 Å². The highest BCUT2D eigenvalue weighted by Crippen LogP contribution is 2.26. The van der Waals surface area contributed by atoms with Crippen LogP contribution in [0.2, 0.25) is 0 Å². The molecule has 1 aromatic rings. The van der Waals surface area contributed by atoms with Gasteiger partial charge in [0, 0.05) is 12.7 Å². The van der Waals surface area contributed by atoms with Crippen LogP contribution in [0.25, 0.3) is 0 Å². The maximum Gasteiger partial charge on any atom is 0.250 e. The summed E-state index contributed by atoms with van der Waals surface area (Å²) in [5.41, 5.74) is 11.6. The van der Waals surface area contributed by atoms with Crippen molar-refractivity contribution in [1.29, 1.82) is 0 Å². The number of amides is 1. The van der Waals surface area contributed by atoms with E-state index in [1.54, 1.807) is 6.07 Å². The van der Waals surface area contributed by atoms with E-state index in [-0.39, 0.29) is 6.10 Å². The number of rotatable bonds is 2. The first kappa shape index (κ1) is 9.72. The summed E-state index contributed by atoms with van der Waals surface area (Å²) in [5.74, 6) is -0.0465. The average molecular weight is 208 g/mol. The molecule has 0 spiro atoms. The van der Waals surface area contributed by atoms with Crippen LogP contribution in [0.3, 0.4) is 0 Å². The molecule has 0 aliphatic carbocycles. The Morgan fingerprint density at radius 2 is 2.53 bits per heavy atom. The fourth-order valence-corrected chi connectivity index (χ4v) is 1.36. The lowest BCUT2D eigenvalue weighted by atomic mass is 10.2. The van der Waals surface area contributed by atoms with Crippen LogP contribution in [0, 0.1) is 0 Å². The molecule has 0 fully saturated rings. The Balaban J connectivity index is 2.28. The molecule has 1 aliphatic rings. The molecule has 6 nitrogen and oxygen atoms in total. The van der Waals surface area contributed by atoms with Crippen molar-refractivity contribution in [3.8, 4) is 5.88 Å². The van der Waals surface area contributed by atoms with E-state index in [2.05, 4.69) is 10.3 Å². The van der Waals surface area contributed by atoms with Crippen LogP contribution in [0.1, 0.15) is 10.4 Å². The van der Waals surface area contributed by atoms with Crippen molar-refractivity contribution >= 4 is 11.6 Å². The SMILES string of the molecule is NCC1CNc2cc(C(N)=O)cnc2O1. The number of hydrogen-bond donors (Lipinski definition) is 3. The van der Waals surface area contributed by atoms with Gasteiger partial charge in [0.2, 0.25) is 11.8 Å². The molecule has 0 saturated carbocycles. The minimum atomic E-state index is -0.506. The topological polar surface area (TPSA) is 103 Å². The quantitative estimate of drug-likeness (QED) is 0.597. The zero-order valence-corrected chi connectivity index (χ0v) is 8.06. The number of nitrogens with zero attached hydrogens (tertiary/aromatic N) is 1. The molecule has 6 heteroatoms. The lowest BCUT2D eigenvalue weighted by Crippen LogP contribution is -2.37. The van der Waals surface area contributed by atoms with E-state index < -0.39 is 5.91 Å². The number of carbonyl (C=O) groups excluding carboxylic acids is 1. The second kappa shape index (κ2) is 3.74. The summed E-state index contributed by atoms with van der Waals surface area (Å²) in [6, 6.07) is 1.62. The van der Waals surface area contributed by atoms with Crippen molar-refractivity contribution in [2.24, 2.45) is 11.5 Å². The van der Waals surface area contributed by atoms with E-state index >= 15 is 0 Å². The maximum absolute atomic E-state index is 10.9. The van der Waals surface area contributed by atoms with Gasteiger partial charge >= 0.3 is 0 Å². The molecule has 0 aromatic carbocycles. The van der Waals surface area contributed by atoms with Crippen molar-refractivity contribution in [2.45, 2.75) is 6.10 Å². The molecule has 0 bridgehead atoms. The van der Waals surface area contributed by atoms with E-state index in [0.717, 1.165) is 0 Å². The number of fused-ring (bicyclic) bond motifs is 1. The average Bonchev–Trinajstić information content (AvgIpc) is 2.27.